The molecule has 1 amide bonds. The average Bonchev–Trinajstić information content (AvgIpc) is 2.45. The van der Waals surface area contributed by atoms with Crippen LogP contribution < -0.4 is 4.74 Å². The molecule has 0 fully saturated rings. The van der Waals surface area contributed by atoms with Crippen LogP contribution in [0.3, 0.4) is 0 Å². The predicted molar refractivity (Wildman–Crippen MR) is 77.0 cm³/mol. The highest BCUT2D eigenvalue weighted by molar-refractivity contribution is 5.77. The summed E-state index contributed by atoms with van der Waals surface area (Å²) < 4.78 is 15.6. The van der Waals surface area contributed by atoms with Crippen LogP contribution in [0.4, 0.5) is 0 Å². The van der Waals surface area contributed by atoms with Gasteiger partial charge in [-0.05, 0) is 19.1 Å². The molecule has 0 aliphatic rings. The number of carbonyl (C=O) groups excluding carboxylic acids is 1. The summed E-state index contributed by atoms with van der Waals surface area (Å²) in [6, 6.07) is 7.83. The lowest BCUT2D eigenvalue weighted by atomic mass is 10.2. The summed E-state index contributed by atoms with van der Waals surface area (Å²) in [4.78, 5) is 13.3. The number of benzene rings is 1. The second-order valence-corrected chi connectivity index (χ2v) is 4.52. The molecule has 20 heavy (non-hydrogen) atoms. The van der Waals surface area contributed by atoms with Gasteiger partial charge < -0.3 is 19.1 Å². The number of nitrogens with zero attached hydrogens (tertiary/aromatic N) is 1. The maximum atomic E-state index is 11.7. The van der Waals surface area contributed by atoms with Gasteiger partial charge >= 0.3 is 0 Å². The van der Waals surface area contributed by atoms with Crippen molar-refractivity contribution in [3.63, 3.8) is 0 Å². The van der Waals surface area contributed by atoms with E-state index in [1.165, 1.54) is 5.56 Å². The van der Waals surface area contributed by atoms with Crippen LogP contribution in [-0.4, -0.2) is 57.9 Å². The average molecular weight is 281 g/mol. The summed E-state index contributed by atoms with van der Waals surface area (Å²) in [6.45, 7) is 4.01. The van der Waals surface area contributed by atoms with E-state index in [1.54, 1.807) is 19.1 Å². The zero-order chi connectivity index (χ0) is 14.8. The summed E-state index contributed by atoms with van der Waals surface area (Å²) in [5.41, 5.74) is 1.19. The zero-order valence-electron chi connectivity index (χ0n) is 12.4. The molecule has 1 aromatic rings. The van der Waals surface area contributed by atoms with Gasteiger partial charge in [0.1, 0.15) is 19.0 Å². The molecule has 5 heteroatoms. The van der Waals surface area contributed by atoms with Gasteiger partial charge in [0.25, 0.3) is 0 Å². The molecule has 0 atom stereocenters. The predicted octanol–water partition coefficient (Wildman–Crippen LogP) is 1.50. The molecule has 0 radical (unpaired) electrons. The Hall–Kier alpha value is -1.59. The Morgan fingerprint density at radius 2 is 1.85 bits per heavy atom. The molecule has 0 aliphatic heterocycles. The van der Waals surface area contributed by atoms with E-state index in [-0.39, 0.29) is 12.5 Å². The van der Waals surface area contributed by atoms with Crippen LogP contribution in [0.15, 0.2) is 24.3 Å². The van der Waals surface area contributed by atoms with Crippen molar-refractivity contribution < 1.29 is 19.0 Å². The molecule has 0 bridgehead atoms. The van der Waals surface area contributed by atoms with Crippen LogP contribution >= 0.6 is 0 Å². The molecule has 0 saturated carbocycles. The largest absolute Gasteiger partial charge is 0.492 e. The summed E-state index contributed by atoms with van der Waals surface area (Å²) in [7, 11) is 3.33. The Morgan fingerprint density at radius 1 is 1.15 bits per heavy atom. The van der Waals surface area contributed by atoms with Crippen LogP contribution in [0.5, 0.6) is 5.75 Å². The van der Waals surface area contributed by atoms with Crippen molar-refractivity contribution in [1.82, 2.24) is 4.90 Å². The van der Waals surface area contributed by atoms with Crippen molar-refractivity contribution >= 4 is 5.91 Å². The first-order chi connectivity index (χ1) is 9.63. The lowest BCUT2D eigenvalue weighted by molar-refractivity contribution is -0.135. The molecular weight excluding hydrogens is 258 g/mol. The molecule has 5 nitrogen and oxygen atoms in total. The van der Waals surface area contributed by atoms with E-state index in [4.69, 9.17) is 14.2 Å². The van der Waals surface area contributed by atoms with Crippen molar-refractivity contribution in [2.75, 3.05) is 47.1 Å². The molecule has 0 heterocycles. The van der Waals surface area contributed by atoms with Gasteiger partial charge in [0.15, 0.2) is 0 Å². The number of amides is 1. The van der Waals surface area contributed by atoms with Crippen molar-refractivity contribution in [3.05, 3.63) is 29.8 Å². The van der Waals surface area contributed by atoms with Crippen molar-refractivity contribution in [3.8, 4) is 5.75 Å². The van der Waals surface area contributed by atoms with Crippen molar-refractivity contribution in [1.29, 1.82) is 0 Å². The van der Waals surface area contributed by atoms with Crippen molar-refractivity contribution in [2.45, 2.75) is 6.92 Å². The highest BCUT2D eigenvalue weighted by atomic mass is 16.5. The first-order valence-corrected chi connectivity index (χ1v) is 6.63. The second-order valence-electron chi connectivity index (χ2n) is 4.52. The third kappa shape index (κ3) is 6.54. The lowest BCUT2D eigenvalue weighted by Crippen LogP contribution is -2.34. The number of hydrogen-bond donors (Lipinski definition) is 0. The van der Waals surface area contributed by atoms with Crippen LogP contribution in [0, 0.1) is 6.92 Å². The number of methoxy groups -OCH3 is 1. The summed E-state index contributed by atoms with van der Waals surface area (Å²) in [6.07, 6.45) is 0. The Bertz CT molecular complexity index is 391. The highest BCUT2D eigenvalue weighted by Gasteiger charge is 2.08. The lowest BCUT2D eigenvalue weighted by Gasteiger charge is -2.17. The normalized spacial score (nSPS) is 10.3. The molecule has 0 aliphatic carbocycles. The minimum atomic E-state index is -0.0615. The van der Waals surface area contributed by atoms with Gasteiger partial charge in [-0.1, -0.05) is 17.7 Å². The van der Waals surface area contributed by atoms with E-state index in [0.29, 0.717) is 26.4 Å². The Balaban J connectivity index is 2.17. The number of aryl methyl sites for hydroxylation is 1. The number of ether oxygens (including phenoxy) is 3. The molecule has 0 unspecified atom stereocenters. The first-order valence-electron chi connectivity index (χ1n) is 6.63. The summed E-state index contributed by atoms with van der Waals surface area (Å²) in [5.74, 6) is 0.751. The van der Waals surface area contributed by atoms with E-state index in [2.05, 4.69) is 0 Å². The molecule has 1 aromatic carbocycles. The molecule has 0 spiro atoms. The van der Waals surface area contributed by atoms with Gasteiger partial charge in [-0.25, -0.2) is 0 Å². The Kier molecular flexibility index (Phi) is 7.69. The van der Waals surface area contributed by atoms with E-state index < -0.39 is 0 Å². The van der Waals surface area contributed by atoms with Crippen molar-refractivity contribution in [2.24, 2.45) is 0 Å². The number of carbonyl (C=O) groups is 1. The first kappa shape index (κ1) is 16.5. The maximum absolute atomic E-state index is 11.7. The van der Waals surface area contributed by atoms with Gasteiger partial charge in [-0.3, -0.25) is 4.79 Å². The van der Waals surface area contributed by atoms with Crippen LogP contribution in [-0.2, 0) is 14.3 Å². The van der Waals surface area contributed by atoms with E-state index in [0.717, 1.165) is 5.75 Å². The van der Waals surface area contributed by atoms with Gasteiger partial charge in [0, 0.05) is 14.2 Å². The standard InChI is InChI=1S/C15H23NO4/c1-13-4-6-14(7-5-13)20-9-8-16(2)15(17)12-19-11-10-18-3/h4-7H,8-12H2,1-3H3. The minimum Gasteiger partial charge on any atom is -0.492 e. The molecule has 112 valence electrons. The fourth-order valence-corrected chi connectivity index (χ4v) is 1.47. The maximum Gasteiger partial charge on any atom is 0.248 e. The third-order valence-corrected chi connectivity index (χ3v) is 2.80. The summed E-state index contributed by atoms with van der Waals surface area (Å²) in [5, 5.41) is 0. The fourth-order valence-electron chi connectivity index (χ4n) is 1.47. The van der Waals surface area contributed by atoms with Crippen LogP contribution in [0.25, 0.3) is 0 Å². The quantitative estimate of drug-likeness (QED) is 0.644. The Labute approximate surface area is 120 Å². The third-order valence-electron chi connectivity index (χ3n) is 2.80. The molecular formula is C15H23NO4. The number of likely N-dealkylation sites (N-methyl/N-ethyl adjacent to an activating group) is 1. The highest BCUT2D eigenvalue weighted by Crippen LogP contribution is 2.11. The van der Waals surface area contributed by atoms with Gasteiger partial charge in [0.2, 0.25) is 5.91 Å². The Morgan fingerprint density at radius 3 is 2.50 bits per heavy atom. The molecule has 1 rings (SSSR count). The SMILES string of the molecule is COCCOCC(=O)N(C)CCOc1ccc(C)cc1. The van der Waals surface area contributed by atoms with Gasteiger partial charge in [0.05, 0.1) is 19.8 Å². The zero-order valence-corrected chi connectivity index (χ0v) is 12.4. The van der Waals surface area contributed by atoms with E-state index in [1.807, 2.05) is 31.2 Å². The minimum absolute atomic E-state index is 0.0615. The van der Waals surface area contributed by atoms with E-state index >= 15 is 0 Å². The number of hydrogen-bond acceptors (Lipinski definition) is 4. The fraction of sp³-hybridized carbons (Fsp3) is 0.533. The molecule has 0 saturated heterocycles. The molecule has 0 aromatic heterocycles. The van der Waals surface area contributed by atoms with Gasteiger partial charge in [-0.2, -0.15) is 0 Å². The molecule has 0 N–H and O–H groups in total. The van der Waals surface area contributed by atoms with Crippen LogP contribution in [0.2, 0.25) is 0 Å². The second kappa shape index (κ2) is 9.34. The smallest absolute Gasteiger partial charge is 0.248 e. The monoisotopic (exact) mass is 281 g/mol. The topological polar surface area (TPSA) is 48.0 Å². The van der Waals surface area contributed by atoms with E-state index in [9.17, 15) is 4.79 Å². The van der Waals surface area contributed by atoms with Gasteiger partial charge in [-0.15, -0.1) is 0 Å². The number of rotatable bonds is 9. The summed E-state index contributed by atoms with van der Waals surface area (Å²) >= 11 is 0. The van der Waals surface area contributed by atoms with Crippen LogP contribution in [0.1, 0.15) is 5.56 Å².